The van der Waals surface area contributed by atoms with Crippen LogP contribution < -0.4 is 5.73 Å². The van der Waals surface area contributed by atoms with Gasteiger partial charge in [0.15, 0.2) is 0 Å². The summed E-state index contributed by atoms with van der Waals surface area (Å²) in [6.07, 6.45) is 1.91. The maximum absolute atomic E-state index is 6.13. The lowest BCUT2D eigenvalue weighted by Gasteiger charge is -2.41. The second kappa shape index (κ2) is 7.75. The van der Waals surface area contributed by atoms with Crippen molar-refractivity contribution < 1.29 is 4.74 Å². The molecule has 5 nitrogen and oxygen atoms in total. The molecule has 0 saturated carbocycles. The molecule has 2 N–H and O–H groups in total. The number of morpholine rings is 1. The number of ether oxygens (including phenoxy) is 1. The van der Waals surface area contributed by atoms with Crippen LogP contribution in [-0.2, 0) is 11.3 Å². The molecule has 0 unspecified atom stereocenters. The number of pyridine rings is 1. The standard InChI is InChI=1S/C19H26N4O/c1-22(13-15-8-9-21-18(20)12-15)14-17-19(23(2)10-11-24-17)16-6-4-3-5-7-16/h3-9,12,17,19H,10-11,13-14H2,1-2H3,(H2,20,21)/t17-,19-/m0/s1. The van der Waals surface area contributed by atoms with Crippen molar-refractivity contribution in [1.29, 1.82) is 0 Å². The highest BCUT2D eigenvalue weighted by Crippen LogP contribution is 2.28. The Morgan fingerprint density at radius 1 is 1.29 bits per heavy atom. The van der Waals surface area contributed by atoms with Crippen LogP contribution in [-0.4, -0.2) is 54.7 Å². The van der Waals surface area contributed by atoms with Crippen molar-refractivity contribution in [2.75, 3.05) is 39.5 Å². The Labute approximate surface area is 144 Å². The third-order valence-corrected chi connectivity index (χ3v) is 4.53. The van der Waals surface area contributed by atoms with Crippen LogP contribution in [0.4, 0.5) is 5.82 Å². The fourth-order valence-electron chi connectivity index (χ4n) is 3.41. The average molecular weight is 326 g/mol. The highest BCUT2D eigenvalue weighted by Gasteiger charge is 2.32. The highest BCUT2D eigenvalue weighted by molar-refractivity contribution is 5.31. The highest BCUT2D eigenvalue weighted by atomic mass is 16.5. The SMILES string of the molecule is CN(Cc1ccnc(N)c1)C[C@@H]1OCCN(C)[C@H]1c1ccccc1. The summed E-state index contributed by atoms with van der Waals surface area (Å²) in [5.41, 5.74) is 8.26. The van der Waals surface area contributed by atoms with Gasteiger partial charge in [0.25, 0.3) is 0 Å². The van der Waals surface area contributed by atoms with Crippen LogP contribution in [0.15, 0.2) is 48.7 Å². The Morgan fingerprint density at radius 3 is 2.83 bits per heavy atom. The van der Waals surface area contributed by atoms with E-state index in [1.165, 1.54) is 11.1 Å². The smallest absolute Gasteiger partial charge is 0.123 e. The first-order chi connectivity index (χ1) is 11.6. The number of rotatable bonds is 5. The lowest BCUT2D eigenvalue weighted by atomic mass is 9.98. The van der Waals surface area contributed by atoms with E-state index in [1.807, 2.05) is 12.1 Å². The van der Waals surface area contributed by atoms with Crippen molar-refractivity contribution in [2.45, 2.75) is 18.7 Å². The lowest BCUT2D eigenvalue weighted by Crippen LogP contribution is -2.47. The Bertz CT molecular complexity index is 649. The Balaban J connectivity index is 1.69. The number of benzene rings is 1. The first-order valence-corrected chi connectivity index (χ1v) is 8.39. The average Bonchev–Trinajstić information content (AvgIpc) is 2.55. The van der Waals surface area contributed by atoms with E-state index in [-0.39, 0.29) is 12.1 Å². The predicted octanol–water partition coefficient (Wildman–Crippen LogP) is 2.17. The fourth-order valence-corrected chi connectivity index (χ4v) is 3.41. The van der Waals surface area contributed by atoms with Crippen molar-refractivity contribution >= 4 is 5.82 Å². The van der Waals surface area contributed by atoms with Gasteiger partial charge in [0.1, 0.15) is 5.82 Å². The van der Waals surface area contributed by atoms with Gasteiger partial charge in [-0.05, 0) is 37.4 Å². The molecule has 128 valence electrons. The molecule has 2 heterocycles. The van der Waals surface area contributed by atoms with Gasteiger partial charge in [-0.15, -0.1) is 0 Å². The summed E-state index contributed by atoms with van der Waals surface area (Å²) in [7, 11) is 4.30. The minimum atomic E-state index is 0.148. The molecule has 24 heavy (non-hydrogen) atoms. The summed E-state index contributed by atoms with van der Waals surface area (Å²) in [5.74, 6) is 0.566. The molecule has 0 radical (unpaired) electrons. The number of hydrogen-bond acceptors (Lipinski definition) is 5. The van der Waals surface area contributed by atoms with Crippen LogP contribution in [0, 0.1) is 0 Å². The summed E-state index contributed by atoms with van der Waals surface area (Å²) in [6, 6.07) is 14.8. The summed E-state index contributed by atoms with van der Waals surface area (Å²) >= 11 is 0. The van der Waals surface area contributed by atoms with E-state index in [1.54, 1.807) is 6.20 Å². The molecular weight excluding hydrogens is 300 g/mol. The Hall–Kier alpha value is -1.95. The molecule has 1 aliphatic heterocycles. The zero-order valence-corrected chi connectivity index (χ0v) is 14.4. The van der Waals surface area contributed by atoms with Crippen molar-refractivity contribution in [3.05, 3.63) is 59.8 Å². The van der Waals surface area contributed by atoms with Gasteiger partial charge in [0, 0.05) is 25.8 Å². The number of hydrogen-bond donors (Lipinski definition) is 1. The van der Waals surface area contributed by atoms with Crippen LogP contribution in [0.25, 0.3) is 0 Å². The van der Waals surface area contributed by atoms with Crippen molar-refractivity contribution in [3.8, 4) is 0 Å². The van der Waals surface area contributed by atoms with E-state index in [9.17, 15) is 0 Å². The normalized spacial score (nSPS) is 22.0. The van der Waals surface area contributed by atoms with Gasteiger partial charge in [0.2, 0.25) is 0 Å². The molecule has 0 amide bonds. The van der Waals surface area contributed by atoms with Crippen LogP contribution in [0.1, 0.15) is 17.2 Å². The number of aromatic nitrogens is 1. The van der Waals surface area contributed by atoms with Gasteiger partial charge in [-0.3, -0.25) is 9.80 Å². The monoisotopic (exact) mass is 326 g/mol. The van der Waals surface area contributed by atoms with E-state index in [4.69, 9.17) is 10.5 Å². The van der Waals surface area contributed by atoms with Crippen LogP contribution >= 0.6 is 0 Å². The van der Waals surface area contributed by atoms with E-state index < -0.39 is 0 Å². The molecule has 5 heteroatoms. The number of likely N-dealkylation sites (N-methyl/N-ethyl adjacent to an activating group) is 2. The summed E-state index contributed by atoms with van der Waals surface area (Å²) < 4.78 is 6.13. The zero-order valence-electron chi connectivity index (χ0n) is 14.4. The minimum Gasteiger partial charge on any atom is -0.384 e. The lowest BCUT2D eigenvalue weighted by molar-refractivity contribution is -0.0742. The van der Waals surface area contributed by atoms with Gasteiger partial charge in [-0.2, -0.15) is 0 Å². The molecule has 1 fully saturated rings. The first kappa shape index (κ1) is 16.9. The fraction of sp³-hybridized carbons (Fsp3) is 0.421. The molecule has 2 atom stereocenters. The number of anilines is 1. The molecule has 0 bridgehead atoms. The molecule has 1 aliphatic rings. The molecule has 1 saturated heterocycles. The number of nitrogen functional groups attached to an aromatic ring is 1. The topological polar surface area (TPSA) is 54.6 Å². The second-order valence-electron chi connectivity index (χ2n) is 6.53. The van der Waals surface area contributed by atoms with Gasteiger partial charge < -0.3 is 10.5 Å². The summed E-state index contributed by atoms with van der Waals surface area (Å²) in [4.78, 5) is 8.73. The summed E-state index contributed by atoms with van der Waals surface area (Å²) in [5, 5.41) is 0. The largest absolute Gasteiger partial charge is 0.384 e. The van der Waals surface area contributed by atoms with Gasteiger partial charge in [-0.25, -0.2) is 4.98 Å². The van der Waals surface area contributed by atoms with Gasteiger partial charge >= 0.3 is 0 Å². The molecule has 0 aliphatic carbocycles. The van der Waals surface area contributed by atoms with Gasteiger partial charge in [-0.1, -0.05) is 30.3 Å². The molecule has 0 spiro atoms. The van der Waals surface area contributed by atoms with Gasteiger partial charge in [0.05, 0.1) is 18.8 Å². The summed E-state index contributed by atoms with van der Waals surface area (Å²) in [6.45, 7) is 3.44. The van der Waals surface area contributed by atoms with Crippen molar-refractivity contribution in [2.24, 2.45) is 0 Å². The van der Waals surface area contributed by atoms with Crippen molar-refractivity contribution in [3.63, 3.8) is 0 Å². The molecule has 2 aromatic rings. The Morgan fingerprint density at radius 2 is 2.08 bits per heavy atom. The molecular formula is C19H26N4O. The third kappa shape index (κ3) is 4.12. The maximum atomic E-state index is 6.13. The maximum Gasteiger partial charge on any atom is 0.123 e. The van der Waals surface area contributed by atoms with E-state index in [2.05, 4.69) is 59.2 Å². The molecule has 3 rings (SSSR count). The number of nitrogens with zero attached hydrogens (tertiary/aromatic N) is 3. The van der Waals surface area contributed by atoms with E-state index >= 15 is 0 Å². The van der Waals surface area contributed by atoms with Crippen LogP contribution in [0.3, 0.4) is 0 Å². The quantitative estimate of drug-likeness (QED) is 0.912. The zero-order chi connectivity index (χ0) is 16.9. The first-order valence-electron chi connectivity index (χ1n) is 8.39. The minimum absolute atomic E-state index is 0.148. The third-order valence-electron chi connectivity index (χ3n) is 4.53. The number of nitrogens with two attached hydrogens (primary N) is 1. The van der Waals surface area contributed by atoms with E-state index in [0.29, 0.717) is 5.82 Å². The Kier molecular flexibility index (Phi) is 5.45. The second-order valence-corrected chi connectivity index (χ2v) is 6.53. The predicted molar refractivity (Wildman–Crippen MR) is 96.5 cm³/mol. The van der Waals surface area contributed by atoms with E-state index in [0.717, 1.165) is 26.2 Å². The van der Waals surface area contributed by atoms with Crippen LogP contribution in [0.2, 0.25) is 0 Å². The van der Waals surface area contributed by atoms with Crippen molar-refractivity contribution in [1.82, 2.24) is 14.8 Å². The molecule has 1 aromatic heterocycles. The van der Waals surface area contributed by atoms with Crippen LogP contribution in [0.5, 0.6) is 0 Å². The molecule has 1 aromatic carbocycles.